The SMILES string of the molecule is COc1ccccc1-n1c(O)cc(=O)n(-c2ccccc2OC)c1=O. The molecule has 0 aliphatic carbocycles. The van der Waals surface area contributed by atoms with Gasteiger partial charge in [-0.3, -0.25) is 4.79 Å². The number of aromatic hydroxyl groups is 1. The van der Waals surface area contributed by atoms with Crippen molar-refractivity contribution in [3.05, 3.63) is 75.4 Å². The van der Waals surface area contributed by atoms with E-state index in [1.54, 1.807) is 48.5 Å². The van der Waals surface area contributed by atoms with Gasteiger partial charge in [0, 0.05) is 0 Å². The van der Waals surface area contributed by atoms with E-state index in [2.05, 4.69) is 0 Å². The van der Waals surface area contributed by atoms with Crippen LogP contribution in [0.5, 0.6) is 17.4 Å². The van der Waals surface area contributed by atoms with Gasteiger partial charge in [-0.2, -0.15) is 0 Å². The zero-order valence-electron chi connectivity index (χ0n) is 13.7. The second kappa shape index (κ2) is 6.56. The fraction of sp³-hybridized carbons (Fsp3) is 0.111. The minimum absolute atomic E-state index is 0.281. The first kappa shape index (κ1) is 16.4. The maximum Gasteiger partial charge on any atom is 0.343 e. The number of rotatable bonds is 4. The number of hydrogen-bond acceptors (Lipinski definition) is 5. The number of hydrogen-bond donors (Lipinski definition) is 1. The first-order valence-electron chi connectivity index (χ1n) is 7.43. The van der Waals surface area contributed by atoms with Crippen molar-refractivity contribution in [1.29, 1.82) is 0 Å². The summed E-state index contributed by atoms with van der Waals surface area (Å²) in [7, 11) is 2.90. The Morgan fingerprint density at radius 3 is 1.80 bits per heavy atom. The molecular weight excluding hydrogens is 324 g/mol. The molecule has 2 aromatic carbocycles. The monoisotopic (exact) mass is 340 g/mol. The smallest absolute Gasteiger partial charge is 0.343 e. The summed E-state index contributed by atoms with van der Waals surface area (Å²) >= 11 is 0. The van der Waals surface area contributed by atoms with Gasteiger partial charge in [0.15, 0.2) is 0 Å². The molecule has 0 fully saturated rings. The molecule has 0 amide bonds. The van der Waals surface area contributed by atoms with Crippen molar-refractivity contribution >= 4 is 0 Å². The predicted molar refractivity (Wildman–Crippen MR) is 92.4 cm³/mol. The Morgan fingerprint density at radius 2 is 1.28 bits per heavy atom. The number of aromatic nitrogens is 2. The van der Waals surface area contributed by atoms with E-state index in [1.807, 2.05) is 0 Å². The lowest BCUT2D eigenvalue weighted by atomic mass is 10.2. The van der Waals surface area contributed by atoms with E-state index in [9.17, 15) is 14.7 Å². The molecule has 1 aromatic heterocycles. The molecule has 0 saturated carbocycles. The van der Waals surface area contributed by atoms with Crippen LogP contribution in [0.2, 0.25) is 0 Å². The molecule has 1 heterocycles. The van der Waals surface area contributed by atoms with Gasteiger partial charge in [0.2, 0.25) is 5.88 Å². The Labute approximate surface area is 142 Å². The first-order valence-corrected chi connectivity index (χ1v) is 7.43. The lowest BCUT2D eigenvalue weighted by Gasteiger charge is -2.15. The summed E-state index contributed by atoms with van der Waals surface area (Å²) in [5.74, 6) is 0.259. The molecule has 0 radical (unpaired) electrons. The quantitative estimate of drug-likeness (QED) is 0.782. The average Bonchev–Trinajstić information content (AvgIpc) is 2.62. The van der Waals surface area contributed by atoms with Gasteiger partial charge >= 0.3 is 5.69 Å². The van der Waals surface area contributed by atoms with Crippen molar-refractivity contribution in [2.24, 2.45) is 0 Å². The second-order valence-electron chi connectivity index (χ2n) is 5.14. The second-order valence-corrected chi connectivity index (χ2v) is 5.14. The molecule has 7 heteroatoms. The number of methoxy groups -OCH3 is 2. The zero-order chi connectivity index (χ0) is 18.0. The van der Waals surface area contributed by atoms with E-state index in [4.69, 9.17) is 9.47 Å². The van der Waals surface area contributed by atoms with Crippen LogP contribution in [0, 0.1) is 0 Å². The fourth-order valence-corrected chi connectivity index (χ4v) is 2.61. The third-order valence-electron chi connectivity index (χ3n) is 3.74. The van der Waals surface area contributed by atoms with E-state index < -0.39 is 17.1 Å². The zero-order valence-corrected chi connectivity index (χ0v) is 13.7. The largest absolute Gasteiger partial charge is 0.495 e. The molecule has 0 aliphatic heterocycles. The van der Waals surface area contributed by atoms with Crippen LogP contribution in [-0.4, -0.2) is 28.5 Å². The molecule has 25 heavy (non-hydrogen) atoms. The van der Waals surface area contributed by atoms with Gasteiger partial charge in [-0.05, 0) is 24.3 Å². The van der Waals surface area contributed by atoms with Crippen molar-refractivity contribution in [3.63, 3.8) is 0 Å². The summed E-state index contributed by atoms with van der Waals surface area (Å²) in [6.45, 7) is 0. The van der Waals surface area contributed by atoms with Gasteiger partial charge < -0.3 is 14.6 Å². The lowest BCUT2D eigenvalue weighted by molar-refractivity contribution is 0.398. The minimum Gasteiger partial charge on any atom is -0.495 e. The number of benzene rings is 2. The van der Waals surface area contributed by atoms with Gasteiger partial charge in [-0.1, -0.05) is 24.3 Å². The highest BCUT2D eigenvalue weighted by Gasteiger charge is 2.18. The number of nitrogens with zero attached hydrogens (tertiary/aromatic N) is 2. The van der Waals surface area contributed by atoms with Crippen LogP contribution in [-0.2, 0) is 0 Å². The normalized spacial score (nSPS) is 10.5. The van der Waals surface area contributed by atoms with Crippen LogP contribution in [0.25, 0.3) is 11.4 Å². The Balaban J connectivity index is 2.38. The maximum absolute atomic E-state index is 13.0. The first-order chi connectivity index (χ1) is 12.1. The lowest BCUT2D eigenvalue weighted by Crippen LogP contribution is -2.37. The molecule has 3 aromatic rings. The van der Waals surface area contributed by atoms with Crippen LogP contribution >= 0.6 is 0 Å². The number of ether oxygens (including phenoxy) is 2. The minimum atomic E-state index is -0.737. The van der Waals surface area contributed by atoms with E-state index in [0.29, 0.717) is 17.2 Å². The third-order valence-corrected chi connectivity index (χ3v) is 3.74. The molecule has 0 spiro atoms. The molecule has 0 saturated heterocycles. The van der Waals surface area contributed by atoms with Crippen molar-refractivity contribution in [1.82, 2.24) is 9.13 Å². The standard InChI is InChI=1S/C18H16N2O5/c1-24-14-9-5-3-7-12(14)19-16(21)11-17(22)20(18(19)23)13-8-4-6-10-15(13)25-2/h3-11,21H,1-2H3. The molecule has 0 aliphatic rings. The summed E-state index contributed by atoms with van der Waals surface area (Å²) < 4.78 is 12.4. The van der Waals surface area contributed by atoms with Crippen LogP contribution in [0.1, 0.15) is 0 Å². The van der Waals surface area contributed by atoms with Crippen LogP contribution in [0.3, 0.4) is 0 Å². The van der Waals surface area contributed by atoms with Crippen molar-refractivity contribution in [2.45, 2.75) is 0 Å². The highest BCUT2D eigenvalue weighted by atomic mass is 16.5. The van der Waals surface area contributed by atoms with Crippen LogP contribution < -0.4 is 20.7 Å². The van der Waals surface area contributed by atoms with Gasteiger partial charge in [0.25, 0.3) is 5.56 Å². The molecule has 3 rings (SSSR count). The topological polar surface area (TPSA) is 82.7 Å². The van der Waals surface area contributed by atoms with Gasteiger partial charge in [-0.25, -0.2) is 13.9 Å². The molecule has 128 valence electrons. The molecule has 7 nitrogen and oxygen atoms in total. The third kappa shape index (κ3) is 2.76. The van der Waals surface area contributed by atoms with Crippen molar-refractivity contribution < 1.29 is 14.6 Å². The predicted octanol–water partition coefficient (Wildman–Crippen LogP) is 1.71. The molecule has 0 atom stereocenters. The Hall–Kier alpha value is -3.48. The summed E-state index contributed by atoms with van der Waals surface area (Å²) in [5.41, 5.74) is -0.808. The summed E-state index contributed by atoms with van der Waals surface area (Å²) in [4.78, 5) is 25.4. The van der Waals surface area contributed by atoms with Crippen LogP contribution in [0.15, 0.2) is 64.2 Å². The Bertz CT molecular complexity index is 1040. The molecule has 0 unspecified atom stereocenters. The van der Waals surface area contributed by atoms with Gasteiger partial charge in [-0.15, -0.1) is 0 Å². The van der Waals surface area contributed by atoms with Crippen molar-refractivity contribution in [3.8, 4) is 28.8 Å². The van der Waals surface area contributed by atoms with E-state index in [0.717, 1.165) is 15.2 Å². The van der Waals surface area contributed by atoms with Gasteiger partial charge in [0.1, 0.15) is 11.5 Å². The summed E-state index contributed by atoms with van der Waals surface area (Å²) in [6, 6.07) is 14.3. The van der Waals surface area contributed by atoms with E-state index in [-0.39, 0.29) is 5.69 Å². The fourth-order valence-electron chi connectivity index (χ4n) is 2.61. The Morgan fingerprint density at radius 1 is 0.800 bits per heavy atom. The number of para-hydroxylation sites is 4. The Kier molecular flexibility index (Phi) is 4.30. The van der Waals surface area contributed by atoms with Crippen molar-refractivity contribution in [2.75, 3.05) is 14.2 Å². The average molecular weight is 340 g/mol. The highest BCUT2D eigenvalue weighted by Crippen LogP contribution is 2.25. The molecule has 1 N–H and O–H groups in total. The highest BCUT2D eigenvalue weighted by molar-refractivity contribution is 5.50. The van der Waals surface area contributed by atoms with Crippen LogP contribution in [0.4, 0.5) is 0 Å². The molecule has 0 bridgehead atoms. The van der Waals surface area contributed by atoms with E-state index in [1.165, 1.54) is 14.2 Å². The van der Waals surface area contributed by atoms with E-state index >= 15 is 0 Å². The van der Waals surface area contributed by atoms with Gasteiger partial charge in [0.05, 0.1) is 31.7 Å². The summed E-state index contributed by atoms with van der Waals surface area (Å²) in [6.07, 6.45) is 0. The summed E-state index contributed by atoms with van der Waals surface area (Å²) in [5, 5.41) is 10.2. The molecular formula is C18H16N2O5. The maximum atomic E-state index is 13.0.